The second kappa shape index (κ2) is 3.38. The summed E-state index contributed by atoms with van der Waals surface area (Å²) >= 11 is 0. The van der Waals surface area contributed by atoms with E-state index in [4.69, 9.17) is 0 Å². The maximum absolute atomic E-state index is 9.31. The molecule has 0 saturated carbocycles. The highest BCUT2D eigenvalue weighted by Gasteiger charge is 1.97. The summed E-state index contributed by atoms with van der Waals surface area (Å²) in [4.78, 5) is 8.20. The zero-order valence-corrected chi connectivity index (χ0v) is 7.57. The average Bonchev–Trinajstić information content (AvgIpc) is 2.01. The molecule has 0 atom stereocenters. The second-order valence-corrected chi connectivity index (χ2v) is 2.59. The minimum absolute atomic E-state index is 0.558. The molecule has 0 aromatic carbocycles. The molecule has 0 spiro atoms. The van der Waals surface area contributed by atoms with Crippen molar-refractivity contribution in [2.24, 2.45) is 4.99 Å². The predicted octanol–water partition coefficient (Wildman–Crippen LogP) is 0.658. The van der Waals surface area contributed by atoms with E-state index in [2.05, 4.69) is 9.98 Å². The Balaban J connectivity index is 3.31. The van der Waals surface area contributed by atoms with Gasteiger partial charge in [0.15, 0.2) is 5.49 Å². The van der Waals surface area contributed by atoms with Gasteiger partial charge in [0.05, 0.1) is 5.69 Å². The van der Waals surface area contributed by atoms with E-state index < -0.39 is 0 Å². The van der Waals surface area contributed by atoms with Crippen molar-refractivity contribution >= 4 is 0 Å². The van der Waals surface area contributed by atoms with E-state index in [0.29, 0.717) is 17.9 Å². The van der Waals surface area contributed by atoms with Gasteiger partial charge >= 0.3 is 0 Å². The number of rotatable bonds is 1. The Morgan fingerprint density at radius 1 is 1.58 bits per heavy atom. The molecule has 0 bridgehead atoms. The Morgan fingerprint density at radius 3 is 2.75 bits per heavy atom. The Hall–Kier alpha value is -1.32. The van der Waals surface area contributed by atoms with Crippen LogP contribution in [0.2, 0.25) is 0 Å². The number of aromatic nitrogens is 2. The minimum Gasteiger partial charge on any atom is -0.427 e. The SMILES string of the molecule is CCN=c1cc(C)n(O)c(C)n1. The van der Waals surface area contributed by atoms with Gasteiger partial charge in [-0.15, -0.1) is 0 Å². The van der Waals surface area contributed by atoms with Gasteiger partial charge in [-0.05, 0) is 20.8 Å². The highest BCUT2D eigenvalue weighted by atomic mass is 16.5. The zero-order valence-electron chi connectivity index (χ0n) is 7.57. The second-order valence-electron chi connectivity index (χ2n) is 2.59. The Kier molecular flexibility index (Phi) is 2.47. The van der Waals surface area contributed by atoms with Crippen LogP contribution in [0.1, 0.15) is 18.4 Å². The summed E-state index contributed by atoms with van der Waals surface area (Å²) in [5, 5.41) is 9.31. The summed E-state index contributed by atoms with van der Waals surface area (Å²) in [5.74, 6) is 0.558. The summed E-state index contributed by atoms with van der Waals surface area (Å²) in [7, 11) is 0. The molecule has 4 heteroatoms. The minimum atomic E-state index is 0.558. The molecule has 66 valence electrons. The van der Waals surface area contributed by atoms with Crippen LogP contribution in [-0.4, -0.2) is 21.5 Å². The normalized spacial score (nSPS) is 12.1. The smallest absolute Gasteiger partial charge is 0.151 e. The first-order valence-corrected chi connectivity index (χ1v) is 3.92. The molecule has 0 radical (unpaired) electrons. The number of aryl methyl sites for hydroxylation is 2. The average molecular weight is 167 g/mol. The molecule has 1 aromatic heterocycles. The molecule has 1 heterocycles. The van der Waals surface area contributed by atoms with Crippen LogP contribution in [-0.2, 0) is 0 Å². The van der Waals surface area contributed by atoms with Gasteiger partial charge in [0.25, 0.3) is 0 Å². The van der Waals surface area contributed by atoms with Crippen molar-refractivity contribution in [1.82, 2.24) is 9.71 Å². The molecule has 1 aromatic rings. The quantitative estimate of drug-likeness (QED) is 0.624. The van der Waals surface area contributed by atoms with Crippen LogP contribution in [0.4, 0.5) is 0 Å². The molecular weight excluding hydrogens is 154 g/mol. The van der Waals surface area contributed by atoms with Gasteiger partial charge in [0.1, 0.15) is 5.82 Å². The first-order chi connectivity index (χ1) is 5.65. The van der Waals surface area contributed by atoms with Crippen LogP contribution in [0, 0.1) is 13.8 Å². The highest BCUT2D eigenvalue weighted by molar-refractivity contribution is 5.00. The first kappa shape index (κ1) is 8.77. The monoisotopic (exact) mass is 167 g/mol. The van der Waals surface area contributed by atoms with Crippen molar-refractivity contribution in [2.75, 3.05) is 6.54 Å². The summed E-state index contributed by atoms with van der Waals surface area (Å²) in [6.07, 6.45) is 0. The lowest BCUT2D eigenvalue weighted by molar-refractivity contribution is 0.166. The van der Waals surface area contributed by atoms with E-state index in [9.17, 15) is 5.21 Å². The number of nitrogens with zero attached hydrogens (tertiary/aromatic N) is 3. The van der Waals surface area contributed by atoms with Gasteiger partial charge in [0, 0.05) is 12.6 Å². The lowest BCUT2D eigenvalue weighted by Crippen LogP contribution is -2.17. The van der Waals surface area contributed by atoms with Gasteiger partial charge in [-0.2, -0.15) is 4.73 Å². The zero-order chi connectivity index (χ0) is 9.14. The van der Waals surface area contributed by atoms with E-state index in [1.165, 1.54) is 0 Å². The maximum Gasteiger partial charge on any atom is 0.151 e. The van der Waals surface area contributed by atoms with Gasteiger partial charge in [0.2, 0.25) is 0 Å². The number of hydrogen-bond donors (Lipinski definition) is 1. The van der Waals surface area contributed by atoms with E-state index in [-0.39, 0.29) is 0 Å². The molecular formula is C8H13N3O. The van der Waals surface area contributed by atoms with Gasteiger partial charge in [-0.25, -0.2) is 4.98 Å². The molecule has 0 unspecified atom stereocenters. The first-order valence-electron chi connectivity index (χ1n) is 3.92. The third-order valence-corrected chi connectivity index (χ3v) is 1.58. The van der Waals surface area contributed by atoms with Crippen LogP contribution < -0.4 is 5.49 Å². The van der Waals surface area contributed by atoms with Crippen LogP contribution in [0.3, 0.4) is 0 Å². The van der Waals surface area contributed by atoms with Crippen LogP contribution in [0.5, 0.6) is 0 Å². The van der Waals surface area contributed by atoms with Gasteiger partial charge in [-0.3, -0.25) is 4.99 Å². The van der Waals surface area contributed by atoms with Crippen LogP contribution in [0.15, 0.2) is 11.1 Å². The predicted molar refractivity (Wildman–Crippen MR) is 45.0 cm³/mol. The maximum atomic E-state index is 9.31. The molecule has 0 fully saturated rings. The Labute approximate surface area is 71.2 Å². The molecule has 1 rings (SSSR count). The highest BCUT2D eigenvalue weighted by Crippen LogP contribution is 1.92. The lowest BCUT2D eigenvalue weighted by Gasteiger charge is -2.04. The molecule has 0 saturated heterocycles. The molecule has 0 aliphatic heterocycles. The third-order valence-electron chi connectivity index (χ3n) is 1.58. The molecule has 4 nitrogen and oxygen atoms in total. The fraction of sp³-hybridized carbons (Fsp3) is 0.500. The van der Waals surface area contributed by atoms with Crippen LogP contribution in [0.25, 0.3) is 0 Å². The van der Waals surface area contributed by atoms with Crippen molar-refractivity contribution in [2.45, 2.75) is 20.8 Å². The summed E-state index contributed by atoms with van der Waals surface area (Å²) in [6.45, 7) is 6.21. The lowest BCUT2D eigenvalue weighted by atomic mass is 10.4. The largest absolute Gasteiger partial charge is 0.427 e. The van der Waals surface area contributed by atoms with E-state index in [0.717, 1.165) is 10.4 Å². The molecule has 0 aliphatic rings. The molecule has 1 N–H and O–H groups in total. The Morgan fingerprint density at radius 2 is 2.25 bits per heavy atom. The van der Waals surface area contributed by atoms with E-state index in [1.54, 1.807) is 13.0 Å². The fourth-order valence-corrected chi connectivity index (χ4v) is 0.992. The fourth-order valence-electron chi connectivity index (χ4n) is 0.992. The van der Waals surface area contributed by atoms with E-state index in [1.807, 2.05) is 13.8 Å². The van der Waals surface area contributed by atoms with Crippen molar-refractivity contribution in [1.29, 1.82) is 0 Å². The summed E-state index contributed by atoms with van der Waals surface area (Å²) in [5.41, 5.74) is 1.42. The van der Waals surface area contributed by atoms with E-state index >= 15 is 0 Å². The van der Waals surface area contributed by atoms with Crippen molar-refractivity contribution in [3.8, 4) is 0 Å². The third kappa shape index (κ3) is 1.64. The van der Waals surface area contributed by atoms with Crippen molar-refractivity contribution < 1.29 is 5.21 Å². The topological polar surface area (TPSA) is 50.4 Å². The molecule has 12 heavy (non-hydrogen) atoms. The van der Waals surface area contributed by atoms with Gasteiger partial charge < -0.3 is 5.21 Å². The molecule has 0 aliphatic carbocycles. The molecule has 0 amide bonds. The van der Waals surface area contributed by atoms with Crippen LogP contribution >= 0.6 is 0 Å². The van der Waals surface area contributed by atoms with Crippen molar-refractivity contribution in [3.05, 3.63) is 23.1 Å². The summed E-state index contributed by atoms with van der Waals surface area (Å²) in [6, 6.07) is 1.75. The standard InChI is InChI=1S/C8H13N3O/c1-4-9-8-5-6(2)11(12)7(3)10-8/h5,12H,4H2,1-3H3. The summed E-state index contributed by atoms with van der Waals surface area (Å²) < 4.78 is 1.05. The van der Waals surface area contributed by atoms with Crippen molar-refractivity contribution in [3.63, 3.8) is 0 Å². The number of hydrogen-bond acceptors (Lipinski definition) is 3. The van der Waals surface area contributed by atoms with Gasteiger partial charge in [-0.1, -0.05) is 0 Å². The Bertz CT molecular complexity index is 314.